The van der Waals surface area contributed by atoms with E-state index in [0.29, 0.717) is 16.3 Å². The van der Waals surface area contributed by atoms with Gasteiger partial charge in [0, 0.05) is 18.9 Å². The highest BCUT2D eigenvalue weighted by molar-refractivity contribution is 7.88. The van der Waals surface area contributed by atoms with Crippen LogP contribution in [0.1, 0.15) is 16.7 Å². The maximum absolute atomic E-state index is 12.4. The zero-order valence-electron chi connectivity index (χ0n) is 14.3. The Morgan fingerprint density at radius 2 is 2.04 bits per heavy atom. The third-order valence-corrected chi connectivity index (χ3v) is 5.06. The van der Waals surface area contributed by atoms with Crippen LogP contribution in [0.5, 0.6) is 0 Å². The van der Waals surface area contributed by atoms with Crippen molar-refractivity contribution in [1.82, 2.24) is 9.29 Å². The highest BCUT2D eigenvalue weighted by atomic mass is 35.5. The topological polar surface area (TPSA) is 79.4 Å². The molecule has 0 unspecified atom stereocenters. The summed E-state index contributed by atoms with van der Waals surface area (Å²) in [4.78, 5) is 16.3. The molecule has 25 heavy (non-hydrogen) atoms. The van der Waals surface area contributed by atoms with Gasteiger partial charge in [0.25, 0.3) is 0 Å². The largest absolute Gasteiger partial charge is 0.323 e. The van der Waals surface area contributed by atoms with Gasteiger partial charge >= 0.3 is 0 Å². The van der Waals surface area contributed by atoms with Gasteiger partial charge in [-0.3, -0.25) is 9.78 Å². The molecular weight excluding hydrogens is 362 g/mol. The highest BCUT2D eigenvalue weighted by Crippen LogP contribution is 2.27. The Kier molecular flexibility index (Phi) is 6.16. The van der Waals surface area contributed by atoms with Crippen molar-refractivity contribution in [3.05, 3.63) is 58.4 Å². The molecule has 2 aromatic rings. The number of benzene rings is 1. The van der Waals surface area contributed by atoms with Crippen LogP contribution in [-0.4, -0.2) is 36.4 Å². The van der Waals surface area contributed by atoms with Crippen LogP contribution in [0.4, 0.5) is 5.69 Å². The molecule has 1 N–H and O–H groups in total. The normalized spacial score (nSPS) is 11.6. The molecule has 1 aromatic heterocycles. The molecule has 0 aliphatic rings. The van der Waals surface area contributed by atoms with Gasteiger partial charge in [-0.15, -0.1) is 0 Å². The van der Waals surface area contributed by atoms with Crippen molar-refractivity contribution < 1.29 is 13.2 Å². The molecule has 0 fully saturated rings. The average Bonchev–Trinajstić information content (AvgIpc) is 2.50. The number of carbonyl (C=O) groups is 1. The molecule has 6 nitrogen and oxygen atoms in total. The van der Waals surface area contributed by atoms with E-state index in [1.54, 1.807) is 30.6 Å². The minimum atomic E-state index is -3.57. The monoisotopic (exact) mass is 381 g/mol. The number of pyridine rings is 1. The molecular formula is C17H20ClN3O3S. The van der Waals surface area contributed by atoms with Gasteiger partial charge in [0.1, 0.15) is 0 Å². The van der Waals surface area contributed by atoms with Crippen LogP contribution >= 0.6 is 11.6 Å². The van der Waals surface area contributed by atoms with E-state index in [-0.39, 0.29) is 13.1 Å². The van der Waals surface area contributed by atoms with Crippen molar-refractivity contribution >= 4 is 33.2 Å². The number of rotatable bonds is 6. The first-order chi connectivity index (χ1) is 11.7. The van der Waals surface area contributed by atoms with Crippen LogP contribution in [0, 0.1) is 13.8 Å². The van der Waals surface area contributed by atoms with Crippen molar-refractivity contribution in [2.24, 2.45) is 0 Å². The summed E-state index contributed by atoms with van der Waals surface area (Å²) in [5.41, 5.74) is 2.99. The van der Waals surface area contributed by atoms with Crippen LogP contribution in [0.25, 0.3) is 0 Å². The maximum Gasteiger partial charge on any atom is 0.239 e. The number of amides is 1. The number of hydrogen-bond acceptors (Lipinski definition) is 4. The molecule has 0 atom stereocenters. The van der Waals surface area contributed by atoms with E-state index in [2.05, 4.69) is 10.3 Å². The Bertz CT molecular complexity index is 847. The predicted octanol–water partition coefficient (Wildman–Crippen LogP) is 2.75. The predicted molar refractivity (Wildman–Crippen MR) is 99.0 cm³/mol. The molecule has 0 saturated carbocycles. The molecule has 0 aliphatic heterocycles. The Morgan fingerprint density at radius 1 is 1.32 bits per heavy atom. The molecule has 1 aromatic carbocycles. The van der Waals surface area contributed by atoms with Gasteiger partial charge in [-0.25, -0.2) is 8.42 Å². The Balaban J connectivity index is 2.15. The number of nitrogens with zero attached hydrogens (tertiary/aromatic N) is 2. The van der Waals surface area contributed by atoms with Crippen molar-refractivity contribution in [3.63, 3.8) is 0 Å². The molecule has 1 heterocycles. The number of sulfonamides is 1. The standard InChI is InChI=1S/C17H20ClN3O3S/c1-12-7-13(2)17(15(18)8-12)20-16(22)11-21(25(3,23)24)10-14-5-4-6-19-9-14/h4-9H,10-11H2,1-3H3,(H,20,22). The van der Waals surface area contributed by atoms with Crippen molar-refractivity contribution in [1.29, 1.82) is 0 Å². The van der Waals surface area contributed by atoms with Crippen molar-refractivity contribution in [2.75, 3.05) is 18.1 Å². The summed E-state index contributed by atoms with van der Waals surface area (Å²) < 4.78 is 25.1. The zero-order valence-corrected chi connectivity index (χ0v) is 15.9. The fourth-order valence-electron chi connectivity index (χ4n) is 2.40. The van der Waals surface area contributed by atoms with Gasteiger partial charge < -0.3 is 5.32 Å². The summed E-state index contributed by atoms with van der Waals surface area (Å²) in [6.45, 7) is 3.50. The molecule has 134 valence electrons. The first kappa shape index (κ1) is 19.4. The number of halogens is 1. The van der Waals surface area contributed by atoms with Gasteiger partial charge in [-0.1, -0.05) is 23.7 Å². The van der Waals surface area contributed by atoms with Crippen molar-refractivity contribution in [3.8, 4) is 0 Å². The number of aromatic nitrogens is 1. The molecule has 0 saturated heterocycles. The smallest absolute Gasteiger partial charge is 0.239 e. The molecule has 1 amide bonds. The van der Waals surface area contributed by atoms with E-state index in [9.17, 15) is 13.2 Å². The molecule has 0 bridgehead atoms. The lowest BCUT2D eigenvalue weighted by Crippen LogP contribution is -2.37. The fraction of sp³-hybridized carbons (Fsp3) is 0.294. The third-order valence-electron chi connectivity index (χ3n) is 3.57. The van der Waals surface area contributed by atoms with E-state index >= 15 is 0 Å². The number of anilines is 1. The summed E-state index contributed by atoms with van der Waals surface area (Å²) in [6, 6.07) is 7.11. The Labute approximate surface area is 152 Å². The van der Waals surface area contributed by atoms with Gasteiger partial charge in [0.05, 0.1) is 23.5 Å². The highest BCUT2D eigenvalue weighted by Gasteiger charge is 2.21. The van der Waals surface area contributed by atoms with E-state index in [4.69, 9.17) is 11.6 Å². The summed E-state index contributed by atoms with van der Waals surface area (Å²) >= 11 is 6.18. The van der Waals surface area contributed by atoms with Crippen LogP contribution in [0.2, 0.25) is 5.02 Å². The van der Waals surface area contributed by atoms with E-state index in [0.717, 1.165) is 21.7 Å². The average molecular weight is 382 g/mol. The zero-order chi connectivity index (χ0) is 18.6. The lowest BCUT2D eigenvalue weighted by atomic mass is 10.1. The van der Waals surface area contributed by atoms with Gasteiger partial charge in [0.2, 0.25) is 15.9 Å². The molecule has 8 heteroatoms. The quantitative estimate of drug-likeness (QED) is 0.834. The molecule has 0 radical (unpaired) electrons. The number of hydrogen-bond donors (Lipinski definition) is 1. The summed E-state index contributed by atoms with van der Waals surface area (Å²) in [6.07, 6.45) is 4.24. The lowest BCUT2D eigenvalue weighted by molar-refractivity contribution is -0.116. The molecule has 0 aliphatic carbocycles. The van der Waals surface area contributed by atoms with Gasteiger partial charge in [-0.05, 0) is 42.7 Å². The van der Waals surface area contributed by atoms with Crippen molar-refractivity contribution in [2.45, 2.75) is 20.4 Å². The Morgan fingerprint density at radius 3 is 2.60 bits per heavy atom. The van der Waals surface area contributed by atoms with Gasteiger partial charge in [-0.2, -0.15) is 4.31 Å². The first-order valence-corrected chi connectivity index (χ1v) is 9.80. The SMILES string of the molecule is Cc1cc(C)c(NC(=O)CN(Cc2cccnc2)S(C)(=O)=O)c(Cl)c1. The van der Waals surface area contributed by atoms with Crippen LogP contribution < -0.4 is 5.32 Å². The summed E-state index contributed by atoms with van der Waals surface area (Å²) in [5.74, 6) is -0.455. The van der Waals surface area contributed by atoms with Crippen LogP contribution in [0.15, 0.2) is 36.7 Å². The minimum absolute atomic E-state index is 0.0701. The maximum atomic E-state index is 12.4. The molecule has 0 spiro atoms. The van der Waals surface area contributed by atoms with Crippen LogP contribution in [-0.2, 0) is 21.4 Å². The second kappa shape index (κ2) is 7.95. The number of carbonyl (C=O) groups excluding carboxylic acids is 1. The number of nitrogens with one attached hydrogen (secondary N) is 1. The minimum Gasteiger partial charge on any atom is -0.323 e. The van der Waals surface area contributed by atoms with Gasteiger partial charge in [0.15, 0.2) is 0 Å². The molecule has 2 rings (SSSR count). The third kappa shape index (κ3) is 5.52. The summed E-state index contributed by atoms with van der Waals surface area (Å²) in [5, 5.41) is 3.12. The van der Waals surface area contributed by atoms with E-state index in [1.807, 2.05) is 19.9 Å². The summed E-state index contributed by atoms with van der Waals surface area (Å²) in [7, 11) is -3.57. The Hall–Kier alpha value is -1.96. The lowest BCUT2D eigenvalue weighted by Gasteiger charge is -2.20. The van der Waals surface area contributed by atoms with E-state index in [1.165, 1.54) is 0 Å². The second-order valence-electron chi connectivity index (χ2n) is 5.88. The van der Waals surface area contributed by atoms with E-state index < -0.39 is 15.9 Å². The first-order valence-electron chi connectivity index (χ1n) is 7.57. The second-order valence-corrected chi connectivity index (χ2v) is 8.27. The van der Waals surface area contributed by atoms with Crippen LogP contribution in [0.3, 0.4) is 0 Å². The number of aryl methyl sites for hydroxylation is 2. The fourth-order valence-corrected chi connectivity index (χ4v) is 3.50.